The van der Waals surface area contributed by atoms with Gasteiger partial charge < -0.3 is 4.90 Å². The second kappa shape index (κ2) is 7.36. The third kappa shape index (κ3) is 3.62. The van der Waals surface area contributed by atoms with Crippen molar-refractivity contribution in [2.24, 2.45) is 0 Å². The molecule has 3 rings (SSSR count). The van der Waals surface area contributed by atoms with Crippen LogP contribution in [0.5, 0.6) is 0 Å². The van der Waals surface area contributed by atoms with Crippen molar-refractivity contribution < 1.29 is 0 Å². The fraction of sp³-hybridized carbons (Fsp3) is 0.391. The van der Waals surface area contributed by atoms with Crippen LogP contribution in [0.25, 0.3) is 5.57 Å². The Balaban J connectivity index is 2.11. The predicted molar refractivity (Wildman–Crippen MR) is 105 cm³/mol. The zero-order valence-corrected chi connectivity index (χ0v) is 15.5. The van der Waals surface area contributed by atoms with Crippen molar-refractivity contribution >= 4 is 5.57 Å². The summed E-state index contributed by atoms with van der Waals surface area (Å²) in [6, 6.07) is 16.1. The summed E-state index contributed by atoms with van der Waals surface area (Å²) in [6.45, 7) is 5.65. The maximum Gasteiger partial charge on any atom is 0.00101 e. The molecule has 0 aliphatic heterocycles. The molecule has 2 aromatic carbocycles. The summed E-state index contributed by atoms with van der Waals surface area (Å²) in [7, 11) is 4.29. The van der Waals surface area contributed by atoms with Gasteiger partial charge in [-0.05, 0) is 72.7 Å². The monoisotopic (exact) mass is 319 g/mol. The molecule has 1 aliphatic carbocycles. The van der Waals surface area contributed by atoms with Crippen molar-refractivity contribution in [3.8, 4) is 0 Å². The lowest BCUT2D eigenvalue weighted by molar-refractivity contribution is 0.417. The Morgan fingerprint density at radius 1 is 0.958 bits per heavy atom. The molecular weight excluding hydrogens is 290 g/mol. The summed E-state index contributed by atoms with van der Waals surface area (Å²) >= 11 is 0. The highest BCUT2D eigenvalue weighted by Crippen LogP contribution is 2.35. The number of hydrogen-bond donors (Lipinski definition) is 0. The van der Waals surface area contributed by atoms with Gasteiger partial charge in [0, 0.05) is 6.54 Å². The lowest BCUT2D eigenvalue weighted by Crippen LogP contribution is -2.12. The Kier molecular flexibility index (Phi) is 5.20. The first-order valence-electron chi connectivity index (χ1n) is 9.12. The van der Waals surface area contributed by atoms with Crippen molar-refractivity contribution in [3.05, 3.63) is 76.4 Å². The topological polar surface area (TPSA) is 3.24 Å². The van der Waals surface area contributed by atoms with Gasteiger partial charge >= 0.3 is 0 Å². The van der Waals surface area contributed by atoms with Gasteiger partial charge in [-0.15, -0.1) is 0 Å². The zero-order chi connectivity index (χ0) is 17.1. The molecule has 0 spiro atoms. The second-order valence-corrected chi connectivity index (χ2v) is 7.44. The van der Waals surface area contributed by atoms with Crippen molar-refractivity contribution in [3.63, 3.8) is 0 Å². The molecule has 0 fully saturated rings. The second-order valence-electron chi connectivity index (χ2n) is 7.44. The number of aryl methyl sites for hydroxylation is 2. The largest absolute Gasteiger partial charge is 0.309 e. The smallest absolute Gasteiger partial charge is 0.00101 e. The Morgan fingerprint density at radius 2 is 1.67 bits per heavy atom. The van der Waals surface area contributed by atoms with Gasteiger partial charge in [0.15, 0.2) is 0 Å². The van der Waals surface area contributed by atoms with E-state index in [0.29, 0.717) is 5.92 Å². The lowest BCUT2D eigenvalue weighted by Gasteiger charge is -2.16. The van der Waals surface area contributed by atoms with E-state index in [1.54, 1.807) is 0 Å². The van der Waals surface area contributed by atoms with Crippen LogP contribution in [0.2, 0.25) is 0 Å². The Labute approximate surface area is 147 Å². The standard InChI is InChI=1S/C23H29N/c1-17(2)20-14-13-19-12-11-18-8-5-6-9-21(18)22(23(19)16-20)10-7-15-24(3)4/h5-6,8-10,13-14,16-17H,7,11-12,15H2,1-4H3/b22-10+. The molecule has 0 unspecified atom stereocenters. The highest BCUT2D eigenvalue weighted by Gasteiger charge is 2.18. The first-order valence-corrected chi connectivity index (χ1v) is 9.12. The number of nitrogens with zero attached hydrogens (tertiary/aromatic N) is 1. The van der Waals surface area contributed by atoms with Gasteiger partial charge in [0.05, 0.1) is 0 Å². The highest BCUT2D eigenvalue weighted by molar-refractivity contribution is 5.84. The molecule has 2 aromatic rings. The summed E-state index contributed by atoms with van der Waals surface area (Å²) in [5.41, 5.74) is 8.72. The van der Waals surface area contributed by atoms with E-state index in [1.807, 2.05) is 0 Å². The van der Waals surface area contributed by atoms with Gasteiger partial charge in [-0.25, -0.2) is 0 Å². The van der Waals surface area contributed by atoms with Crippen molar-refractivity contribution in [2.45, 2.75) is 39.0 Å². The van der Waals surface area contributed by atoms with E-state index in [9.17, 15) is 0 Å². The fourth-order valence-corrected chi connectivity index (χ4v) is 3.52. The summed E-state index contributed by atoms with van der Waals surface area (Å²) in [6.07, 6.45) is 5.81. The molecule has 24 heavy (non-hydrogen) atoms. The molecule has 0 atom stereocenters. The third-order valence-corrected chi connectivity index (χ3v) is 4.99. The van der Waals surface area contributed by atoms with Crippen molar-refractivity contribution in [2.75, 3.05) is 20.6 Å². The summed E-state index contributed by atoms with van der Waals surface area (Å²) in [4.78, 5) is 2.26. The minimum atomic E-state index is 0.567. The van der Waals surface area contributed by atoms with Crippen LogP contribution in [-0.2, 0) is 12.8 Å². The molecule has 0 radical (unpaired) electrons. The van der Waals surface area contributed by atoms with Crippen LogP contribution >= 0.6 is 0 Å². The Hall–Kier alpha value is -1.86. The number of hydrogen-bond acceptors (Lipinski definition) is 1. The first-order chi connectivity index (χ1) is 11.6. The summed E-state index contributed by atoms with van der Waals surface area (Å²) in [5.74, 6) is 0.567. The van der Waals surface area contributed by atoms with E-state index in [-0.39, 0.29) is 0 Å². The molecule has 0 saturated heterocycles. The van der Waals surface area contributed by atoms with Crippen LogP contribution in [0.1, 0.15) is 54.0 Å². The quantitative estimate of drug-likeness (QED) is 0.740. The maximum atomic E-state index is 2.45. The minimum Gasteiger partial charge on any atom is -0.309 e. The molecule has 0 bridgehead atoms. The first kappa shape index (κ1) is 17.0. The van der Waals surface area contributed by atoms with Gasteiger partial charge in [0.25, 0.3) is 0 Å². The highest BCUT2D eigenvalue weighted by atomic mass is 15.0. The molecular formula is C23H29N. The number of benzene rings is 2. The van der Waals surface area contributed by atoms with Crippen LogP contribution in [0.4, 0.5) is 0 Å². The van der Waals surface area contributed by atoms with E-state index >= 15 is 0 Å². The third-order valence-electron chi connectivity index (χ3n) is 4.99. The molecule has 0 saturated carbocycles. The van der Waals surface area contributed by atoms with Crippen molar-refractivity contribution in [1.29, 1.82) is 0 Å². The van der Waals surface area contributed by atoms with Crippen LogP contribution in [-0.4, -0.2) is 25.5 Å². The van der Waals surface area contributed by atoms with E-state index in [0.717, 1.165) is 25.8 Å². The van der Waals surface area contributed by atoms with Gasteiger partial charge in [-0.3, -0.25) is 0 Å². The average Bonchev–Trinajstić information content (AvgIpc) is 2.71. The molecule has 1 heteroatoms. The summed E-state index contributed by atoms with van der Waals surface area (Å²) in [5, 5.41) is 0. The van der Waals surface area contributed by atoms with Gasteiger partial charge in [-0.2, -0.15) is 0 Å². The summed E-state index contributed by atoms with van der Waals surface area (Å²) < 4.78 is 0. The average molecular weight is 319 g/mol. The predicted octanol–water partition coefficient (Wildman–Crippen LogP) is 5.29. The normalized spacial score (nSPS) is 15.5. The van der Waals surface area contributed by atoms with Gasteiger partial charge in [-0.1, -0.05) is 62.4 Å². The van der Waals surface area contributed by atoms with E-state index in [2.05, 4.69) is 81.4 Å². The van der Waals surface area contributed by atoms with Gasteiger partial charge in [0.1, 0.15) is 0 Å². The molecule has 0 aromatic heterocycles. The fourth-order valence-electron chi connectivity index (χ4n) is 3.52. The Bertz CT molecular complexity index is 737. The van der Waals surface area contributed by atoms with E-state index in [4.69, 9.17) is 0 Å². The number of rotatable bonds is 4. The zero-order valence-electron chi connectivity index (χ0n) is 15.5. The number of fused-ring (bicyclic) bond motifs is 2. The van der Waals surface area contributed by atoms with Gasteiger partial charge in [0.2, 0.25) is 0 Å². The van der Waals surface area contributed by atoms with Crippen LogP contribution in [0, 0.1) is 0 Å². The van der Waals surface area contributed by atoms with E-state index < -0.39 is 0 Å². The molecule has 0 amide bonds. The minimum absolute atomic E-state index is 0.567. The molecule has 1 nitrogen and oxygen atoms in total. The molecule has 126 valence electrons. The van der Waals surface area contributed by atoms with Crippen LogP contribution in [0.3, 0.4) is 0 Å². The Morgan fingerprint density at radius 3 is 2.38 bits per heavy atom. The van der Waals surface area contributed by atoms with E-state index in [1.165, 1.54) is 33.4 Å². The molecule has 1 aliphatic rings. The van der Waals surface area contributed by atoms with Crippen molar-refractivity contribution in [1.82, 2.24) is 4.90 Å². The SMILES string of the molecule is CC(C)c1ccc2c(c1)/C(=C/CCN(C)C)c1ccccc1CC2. The maximum absolute atomic E-state index is 2.45. The molecule has 0 heterocycles. The molecule has 0 N–H and O–H groups in total. The lowest BCUT2D eigenvalue weighted by atomic mass is 9.90. The van der Waals surface area contributed by atoms with Crippen LogP contribution in [0.15, 0.2) is 48.5 Å². The van der Waals surface area contributed by atoms with Crippen LogP contribution < -0.4 is 0 Å².